The van der Waals surface area contributed by atoms with Gasteiger partial charge in [0.2, 0.25) is 0 Å². The van der Waals surface area contributed by atoms with Crippen molar-refractivity contribution in [3.05, 3.63) is 0 Å². The van der Waals surface area contributed by atoms with Gasteiger partial charge in [0.15, 0.2) is 0 Å². The minimum Gasteiger partial charge on any atom is -0.299 e. The molecule has 0 fully saturated rings. The second kappa shape index (κ2) is 7.86. The van der Waals surface area contributed by atoms with Crippen LogP contribution in [0.3, 0.4) is 0 Å². The van der Waals surface area contributed by atoms with Crippen LogP contribution < -0.4 is 0 Å². The molecule has 0 unspecified atom stereocenters. The molecule has 0 aromatic heterocycles. The number of carbonyl (C=O) groups is 1. The summed E-state index contributed by atoms with van der Waals surface area (Å²) in [4.78, 5) is 10.9. The minimum atomic E-state index is 0.288. The molecule has 0 saturated heterocycles. The molecule has 11 heavy (non-hydrogen) atoms. The molecule has 0 radical (unpaired) electrons. The first kappa shape index (κ1) is 10.8. The van der Waals surface area contributed by atoms with E-state index in [4.69, 9.17) is 0 Å². The van der Waals surface area contributed by atoms with E-state index >= 15 is 0 Å². The van der Waals surface area contributed by atoms with Gasteiger partial charge in [0, 0.05) is 12.8 Å². The van der Waals surface area contributed by atoms with E-state index in [1.165, 1.54) is 24.6 Å². The number of hydrogen-bond acceptors (Lipinski definition) is 2. The first-order valence-electron chi connectivity index (χ1n) is 4.26. The van der Waals surface area contributed by atoms with Crippen molar-refractivity contribution < 1.29 is 4.79 Å². The normalized spacial score (nSPS) is 9.55. The third kappa shape index (κ3) is 7.66. The number of Topliss-reactive ketones (excluding diaryl/α,β-unsaturated/α-hetero) is 1. The second-order valence-corrected chi connectivity index (χ2v) is 3.05. The van der Waals surface area contributed by atoms with Gasteiger partial charge in [-0.25, -0.2) is 0 Å². The number of hydrogen-bond donors (Lipinski definition) is 0. The lowest BCUT2D eigenvalue weighted by Gasteiger charge is -1.96. The first-order chi connectivity index (χ1) is 5.31. The lowest BCUT2D eigenvalue weighted by atomic mass is 10.1. The molecule has 0 aliphatic heterocycles. The average molecular weight is 172 g/mol. The highest BCUT2D eigenvalue weighted by Gasteiger charge is 1.97. The number of carbonyl (C=O) groups excluding carboxylic acids is 1. The Labute approximate surface area is 74.2 Å². The molecule has 0 amide bonds. The van der Waals surface area contributed by atoms with E-state index < -0.39 is 0 Å². The van der Waals surface area contributed by atoms with Crippen molar-refractivity contribution in [1.29, 1.82) is 0 Å². The lowest BCUT2D eigenvalue weighted by molar-refractivity contribution is -0.117. The molecular weight excluding hydrogens is 156 g/mol. The largest absolute Gasteiger partial charge is 0.299 e. The van der Waals surface area contributed by atoms with Gasteiger partial charge in [0.25, 0.3) is 0 Å². The fourth-order valence-electron chi connectivity index (χ4n) is 0.944. The van der Waals surface area contributed by atoms with E-state index in [0.29, 0.717) is 12.8 Å². The summed E-state index contributed by atoms with van der Waals surface area (Å²) in [6.07, 6.45) is 5.87. The lowest BCUT2D eigenvalue weighted by Crippen LogP contribution is -1.96. The monoisotopic (exact) mass is 172 g/mol. The van der Waals surface area contributed by atoms with Crippen LogP contribution in [0.4, 0.5) is 0 Å². The minimum absolute atomic E-state index is 0.288. The van der Waals surface area contributed by atoms with Crippen molar-refractivity contribution in [3.8, 4) is 0 Å². The molecule has 0 aliphatic carbocycles. The molecule has 1 nitrogen and oxygen atoms in total. The summed E-state index contributed by atoms with van der Waals surface area (Å²) in [7, 11) is 0. The van der Waals surface area contributed by atoms with Gasteiger partial charge in [-0.1, -0.05) is 38.4 Å². The summed E-state index contributed by atoms with van der Waals surface area (Å²) >= 11 is 4.58. The van der Waals surface area contributed by atoms with Crippen LogP contribution in [0.15, 0.2) is 0 Å². The van der Waals surface area contributed by atoms with E-state index in [9.17, 15) is 4.79 Å². The van der Waals surface area contributed by atoms with Gasteiger partial charge in [0.1, 0.15) is 5.78 Å². The van der Waals surface area contributed by atoms with Crippen molar-refractivity contribution in [2.24, 2.45) is 0 Å². The van der Waals surface area contributed by atoms with E-state index in [1.807, 2.05) is 0 Å². The van der Waals surface area contributed by atoms with Crippen LogP contribution in [0.25, 0.3) is 0 Å². The van der Waals surface area contributed by atoms with Gasteiger partial charge in [-0.05, 0) is 11.8 Å². The van der Waals surface area contributed by atoms with Gasteiger partial charge in [0.05, 0.1) is 0 Å². The maximum atomic E-state index is 10.9. The summed E-state index contributed by atoms with van der Waals surface area (Å²) in [5.74, 6) is 0.288. The topological polar surface area (TPSA) is 17.1 Å². The van der Waals surface area contributed by atoms with Crippen LogP contribution in [-0.2, 0) is 4.79 Å². The predicted octanol–water partition coefficient (Wildman–Crippen LogP) is 2.92. The second-order valence-electron chi connectivity index (χ2n) is 2.72. The molecule has 0 spiro atoms. The molecule has 0 aromatic rings. The Morgan fingerprint density at radius 1 is 1.36 bits per heavy atom. The fourth-order valence-corrected chi connectivity index (χ4v) is 1.13. The number of ketones is 1. The molecule has 0 aliphatic rings. The van der Waals surface area contributed by atoms with Crippen LogP contribution in [-0.4, -0.2) is 11.2 Å². The van der Waals surface area contributed by atoms with Crippen molar-refractivity contribution >= 4 is 23.4 Å². The Balaban J connectivity index is 3.10. The highest BCUT2D eigenvalue weighted by Crippen LogP contribution is 2.03. The van der Waals surface area contributed by atoms with Crippen LogP contribution in [0.5, 0.6) is 0 Å². The quantitative estimate of drug-likeness (QED) is 0.434. The first-order valence-corrected chi connectivity index (χ1v) is 4.73. The molecule has 0 aromatic carbocycles. The van der Waals surface area contributed by atoms with Crippen LogP contribution >= 0.6 is 12.2 Å². The van der Waals surface area contributed by atoms with E-state index in [2.05, 4.69) is 19.1 Å². The Hall–Kier alpha value is -0.240. The molecule has 0 atom stereocenters. The predicted molar refractivity (Wildman–Crippen MR) is 52.0 cm³/mol. The molecule has 0 N–H and O–H groups in total. The third-order valence-electron chi connectivity index (χ3n) is 1.62. The summed E-state index contributed by atoms with van der Waals surface area (Å²) in [5, 5.41) is 1.52. The SMILES string of the molecule is CCCCCCC(=O)CC=S. The van der Waals surface area contributed by atoms with Crippen molar-refractivity contribution in [1.82, 2.24) is 0 Å². The third-order valence-corrected chi connectivity index (χ3v) is 1.79. The summed E-state index contributed by atoms with van der Waals surface area (Å²) in [6, 6.07) is 0. The average Bonchev–Trinajstić information content (AvgIpc) is 1.99. The number of unbranched alkanes of at least 4 members (excludes halogenated alkanes) is 3. The van der Waals surface area contributed by atoms with Crippen LogP contribution in [0, 0.1) is 0 Å². The molecule has 0 heterocycles. The summed E-state index contributed by atoms with van der Waals surface area (Å²) in [6.45, 7) is 2.17. The van der Waals surface area contributed by atoms with Gasteiger partial charge in [-0.3, -0.25) is 4.79 Å². The molecule has 0 bridgehead atoms. The summed E-state index contributed by atoms with van der Waals surface area (Å²) in [5.41, 5.74) is 0. The Morgan fingerprint density at radius 2 is 2.09 bits per heavy atom. The standard InChI is InChI=1S/C9H16OS/c1-2-3-4-5-6-9(10)7-8-11/h8H,2-7H2,1H3. The van der Waals surface area contributed by atoms with Crippen LogP contribution in [0.2, 0.25) is 0 Å². The fraction of sp³-hybridized carbons (Fsp3) is 0.778. The zero-order valence-corrected chi connectivity index (χ0v) is 7.95. The van der Waals surface area contributed by atoms with Gasteiger partial charge in [-0.15, -0.1) is 0 Å². The summed E-state index contributed by atoms with van der Waals surface area (Å²) < 4.78 is 0. The zero-order valence-electron chi connectivity index (χ0n) is 7.14. The maximum Gasteiger partial charge on any atom is 0.137 e. The zero-order chi connectivity index (χ0) is 8.53. The Bertz CT molecular complexity index is 121. The molecular formula is C9H16OS. The molecule has 0 saturated carbocycles. The van der Waals surface area contributed by atoms with Gasteiger partial charge in [-0.2, -0.15) is 0 Å². The molecule has 0 rings (SSSR count). The maximum absolute atomic E-state index is 10.9. The van der Waals surface area contributed by atoms with E-state index in [0.717, 1.165) is 6.42 Å². The number of rotatable bonds is 7. The van der Waals surface area contributed by atoms with Crippen LogP contribution in [0.1, 0.15) is 45.4 Å². The molecule has 2 heteroatoms. The smallest absolute Gasteiger partial charge is 0.137 e. The highest BCUT2D eigenvalue weighted by molar-refractivity contribution is 7.79. The van der Waals surface area contributed by atoms with Crippen molar-refractivity contribution in [3.63, 3.8) is 0 Å². The van der Waals surface area contributed by atoms with E-state index in [-0.39, 0.29) is 5.78 Å². The van der Waals surface area contributed by atoms with Gasteiger partial charge >= 0.3 is 0 Å². The Kier molecular flexibility index (Phi) is 7.69. The van der Waals surface area contributed by atoms with Crippen molar-refractivity contribution in [2.75, 3.05) is 0 Å². The number of thiocarbonyl (C=S) groups is 1. The van der Waals surface area contributed by atoms with E-state index in [1.54, 1.807) is 0 Å². The highest BCUT2D eigenvalue weighted by atomic mass is 32.1. The Morgan fingerprint density at radius 3 is 2.64 bits per heavy atom. The molecule has 64 valence electrons. The van der Waals surface area contributed by atoms with Crippen molar-refractivity contribution in [2.45, 2.75) is 45.4 Å². The van der Waals surface area contributed by atoms with Gasteiger partial charge < -0.3 is 0 Å².